The zero-order valence-corrected chi connectivity index (χ0v) is 10.7. The van der Waals surface area contributed by atoms with Crippen LogP contribution < -0.4 is 4.90 Å². The Morgan fingerprint density at radius 1 is 1.37 bits per heavy atom. The maximum absolute atomic E-state index is 12.0. The van der Waals surface area contributed by atoms with Crippen molar-refractivity contribution >= 4 is 17.5 Å². The average Bonchev–Trinajstić information content (AvgIpc) is 2.65. The molecule has 0 spiro atoms. The highest BCUT2D eigenvalue weighted by Gasteiger charge is 2.37. The van der Waals surface area contributed by atoms with Gasteiger partial charge in [0.1, 0.15) is 0 Å². The van der Waals surface area contributed by atoms with Crippen LogP contribution in [0.1, 0.15) is 25.3 Å². The number of aliphatic hydroxyl groups is 1. The second-order valence-electron chi connectivity index (χ2n) is 4.47. The third kappa shape index (κ3) is 2.67. The summed E-state index contributed by atoms with van der Waals surface area (Å²) in [6.07, 6.45) is 0.615. The van der Waals surface area contributed by atoms with Crippen molar-refractivity contribution in [3.63, 3.8) is 0 Å². The first-order chi connectivity index (χ1) is 9.15. The predicted octanol–water partition coefficient (Wildman–Crippen LogP) is 1.32. The lowest BCUT2D eigenvalue weighted by molar-refractivity contribution is -0.122. The Morgan fingerprint density at radius 2 is 2.11 bits per heavy atom. The molecular weight excluding hydrogens is 242 g/mol. The molecule has 0 aliphatic carbocycles. The van der Waals surface area contributed by atoms with Crippen LogP contribution in [0.3, 0.4) is 0 Å². The Labute approximate surface area is 112 Å². The van der Waals surface area contributed by atoms with Crippen LogP contribution in [0.4, 0.5) is 5.69 Å². The van der Waals surface area contributed by atoms with E-state index in [1.165, 1.54) is 4.90 Å². The SMILES string of the molecule is CC1CC(=O)N(c2ccccc2C#CCCO)C1=O. The first kappa shape index (κ1) is 13.3. The van der Waals surface area contributed by atoms with E-state index in [4.69, 9.17) is 5.11 Å². The molecule has 1 atom stereocenters. The van der Waals surface area contributed by atoms with E-state index in [0.29, 0.717) is 17.7 Å². The fraction of sp³-hybridized carbons (Fsp3) is 0.333. The number of benzene rings is 1. The summed E-state index contributed by atoms with van der Waals surface area (Å²) in [6, 6.07) is 7.07. The summed E-state index contributed by atoms with van der Waals surface area (Å²) in [5, 5.41) is 8.72. The number of anilines is 1. The minimum atomic E-state index is -0.272. The Hall–Kier alpha value is -2.12. The largest absolute Gasteiger partial charge is 0.395 e. The van der Waals surface area contributed by atoms with Crippen molar-refractivity contribution in [2.45, 2.75) is 19.8 Å². The fourth-order valence-electron chi connectivity index (χ4n) is 2.02. The van der Waals surface area contributed by atoms with E-state index in [1.54, 1.807) is 31.2 Å². The van der Waals surface area contributed by atoms with Crippen LogP contribution >= 0.6 is 0 Å². The Balaban J connectivity index is 2.38. The Kier molecular flexibility index (Phi) is 3.98. The number of para-hydroxylation sites is 1. The van der Waals surface area contributed by atoms with Crippen molar-refractivity contribution in [3.05, 3.63) is 29.8 Å². The lowest BCUT2D eigenvalue weighted by atomic mass is 10.1. The molecule has 4 heteroatoms. The maximum atomic E-state index is 12.0. The number of hydrogen-bond donors (Lipinski definition) is 1. The van der Waals surface area contributed by atoms with Gasteiger partial charge in [-0.05, 0) is 12.1 Å². The summed E-state index contributed by atoms with van der Waals surface area (Å²) in [5.74, 6) is 5.06. The van der Waals surface area contributed by atoms with Gasteiger partial charge in [-0.1, -0.05) is 30.9 Å². The van der Waals surface area contributed by atoms with Gasteiger partial charge in [0, 0.05) is 24.3 Å². The number of carbonyl (C=O) groups is 2. The number of hydrogen-bond acceptors (Lipinski definition) is 3. The van der Waals surface area contributed by atoms with Crippen molar-refractivity contribution in [2.75, 3.05) is 11.5 Å². The average molecular weight is 257 g/mol. The number of amides is 2. The highest BCUT2D eigenvalue weighted by Crippen LogP contribution is 2.28. The lowest BCUT2D eigenvalue weighted by Gasteiger charge is -2.16. The fourth-order valence-corrected chi connectivity index (χ4v) is 2.02. The van der Waals surface area contributed by atoms with Crippen LogP contribution in [0, 0.1) is 17.8 Å². The summed E-state index contributed by atoms with van der Waals surface area (Å²) < 4.78 is 0. The van der Waals surface area contributed by atoms with Crippen molar-refractivity contribution in [1.82, 2.24) is 0 Å². The van der Waals surface area contributed by atoms with Crippen LogP contribution in [0.15, 0.2) is 24.3 Å². The zero-order chi connectivity index (χ0) is 13.8. The second-order valence-corrected chi connectivity index (χ2v) is 4.47. The molecule has 1 aromatic rings. The van der Waals surface area contributed by atoms with Gasteiger partial charge in [-0.3, -0.25) is 9.59 Å². The summed E-state index contributed by atoms with van der Waals surface area (Å²) >= 11 is 0. The van der Waals surface area contributed by atoms with E-state index in [0.717, 1.165) is 0 Å². The molecule has 1 aliphatic rings. The molecule has 1 unspecified atom stereocenters. The Morgan fingerprint density at radius 3 is 2.74 bits per heavy atom. The van der Waals surface area contributed by atoms with E-state index >= 15 is 0 Å². The van der Waals surface area contributed by atoms with Gasteiger partial charge < -0.3 is 5.11 Å². The van der Waals surface area contributed by atoms with Crippen LogP contribution in [0.5, 0.6) is 0 Å². The molecule has 0 aromatic heterocycles. The normalized spacial score (nSPS) is 18.4. The summed E-state index contributed by atoms with van der Waals surface area (Å²) in [4.78, 5) is 25.1. The van der Waals surface area contributed by atoms with E-state index in [-0.39, 0.29) is 30.8 Å². The molecular formula is C15H15NO3. The minimum Gasteiger partial charge on any atom is -0.395 e. The molecule has 1 fully saturated rings. The quantitative estimate of drug-likeness (QED) is 0.642. The highest BCUT2D eigenvalue weighted by molar-refractivity contribution is 6.21. The van der Waals surface area contributed by atoms with E-state index < -0.39 is 0 Å². The molecule has 1 aliphatic heterocycles. The van der Waals surface area contributed by atoms with Crippen molar-refractivity contribution < 1.29 is 14.7 Å². The molecule has 4 nitrogen and oxygen atoms in total. The Bertz CT molecular complexity index is 568. The molecule has 0 radical (unpaired) electrons. The molecule has 2 rings (SSSR count). The standard InChI is InChI=1S/C15H15NO3/c1-11-10-14(18)16(15(11)19)13-8-3-2-6-12(13)7-4-5-9-17/h2-3,6,8,11,17H,5,9-10H2,1H3. The van der Waals surface area contributed by atoms with Gasteiger partial charge in [0.05, 0.1) is 12.3 Å². The molecule has 1 heterocycles. The highest BCUT2D eigenvalue weighted by atomic mass is 16.2. The van der Waals surface area contributed by atoms with Gasteiger partial charge in [-0.15, -0.1) is 0 Å². The van der Waals surface area contributed by atoms with E-state index in [9.17, 15) is 9.59 Å². The minimum absolute atomic E-state index is 0.00617. The second kappa shape index (κ2) is 5.68. The van der Waals surface area contributed by atoms with Gasteiger partial charge in [0.2, 0.25) is 11.8 Å². The van der Waals surface area contributed by atoms with Crippen molar-refractivity contribution in [3.8, 4) is 11.8 Å². The van der Waals surface area contributed by atoms with Gasteiger partial charge in [-0.2, -0.15) is 0 Å². The lowest BCUT2D eigenvalue weighted by Crippen LogP contribution is -2.30. The van der Waals surface area contributed by atoms with Crippen LogP contribution in [-0.4, -0.2) is 23.5 Å². The van der Waals surface area contributed by atoms with Crippen LogP contribution in [-0.2, 0) is 9.59 Å². The first-order valence-corrected chi connectivity index (χ1v) is 6.20. The smallest absolute Gasteiger partial charge is 0.237 e. The van der Waals surface area contributed by atoms with Crippen LogP contribution in [0.25, 0.3) is 0 Å². The van der Waals surface area contributed by atoms with Gasteiger partial charge in [0.25, 0.3) is 0 Å². The number of rotatable bonds is 2. The molecule has 0 saturated carbocycles. The zero-order valence-electron chi connectivity index (χ0n) is 10.7. The number of aliphatic hydroxyl groups excluding tert-OH is 1. The third-order valence-electron chi connectivity index (χ3n) is 2.98. The van der Waals surface area contributed by atoms with Gasteiger partial charge in [0.15, 0.2) is 0 Å². The first-order valence-electron chi connectivity index (χ1n) is 6.20. The molecule has 2 amide bonds. The maximum Gasteiger partial charge on any atom is 0.237 e. The van der Waals surface area contributed by atoms with E-state index in [2.05, 4.69) is 11.8 Å². The van der Waals surface area contributed by atoms with Gasteiger partial charge in [-0.25, -0.2) is 4.90 Å². The molecule has 1 aromatic carbocycles. The monoisotopic (exact) mass is 257 g/mol. The topological polar surface area (TPSA) is 57.6 Å². The molecule has 19 heavy (non-hydrogen) atoms. The van der Waals surface area contributed by atoms with Gasteiger partial charge >= 0.3 is 0 Å². The molecule has 98 valence electrons. The summed E-state index contributed by atoms with van der Waals surface area (Å²) in [7, 11) is 0. The predicted molar refractivity (Wildman–Crippen MR) is 71.3 cm³/mol. The van der Waals surface area contributed by atoms with E-state index in [1.807, 2.05) is 0 Å². The number of imide groups is 1. The molecule has 1 saturated heterocycles. The number of nitrogens with zero attached hydrogens (tertiary/aromatic N) is 1. The van der Waals surface area contributed by atoms with Crippen molar-refractivity contribution in [2.24, 2.45) is 5.92 Å². The number of carbonyl (C=O) groups excluding carboxylic acids is 2. The summed E-state index contributed by atoms with van der Waals surface area (Å²) in [5.41, 5.74) is 1.17. The molecule has 0 bridgehead atoms. The molecule has 1 N–H and O–H groups in total. The summed E-state index contributed by atoms with van der Waals surface area (Å²) in [6.45, 7) is 1.74. The van der Waals surface area contributed by atoms with Crippen molar-refractivity contribution in [1.29, 1.82) is 0 Å². The van der Waals surface area contributed by atoms with Crippen LogP contribution in [0.2, 0.25) is 0 Å². The third-order valence-corrected chi connectivity index (χ3v) is 2.98.